The molecule has 4 aromatic rings. The number of hydrogen-bond acceptors (Lipinski definition) is 7. The number of benzene rings is 4. The molecule has 10 nitrogen and oxygen atoms in total. The largest absolute Gasteiger partial charge is 0.486 e. The van der Waals surface area contributed by atoms with Gasteiger partial charge in [-0.1, -0.05) is 73.7 Å². The first-order chi connectivity index (χ1) is 21.0. The molecule has 0 saturated carbocycles. The van der Waals surface area contributed by atoms with Gasteiger partial charge >= 0.3 is 11.9 Å². The first-order valence-electron chi connectivity index (χ1n) is 13.4. The number of rotatable bonds is 11. The minimum atomic E-state index is -4.13. The van der Waals surface area contributed by atoms with Gasteiger partial charge in [0.15, 0.2) is 0 Å². The third-order valence-corrected chi connectivity index (χ3v) is 8.09. The molecule has 0 aliphatic carbocycles. The van der Waals surface area contributed by atoms with Crippen LogP contribution in [0.25, 0.3) is 10.8 Å². The van der Waals surface area contributed by atoms with Crippen LogP contribution in [0, 0.1) is 0 Å². The normalized spacial score (nSPS) is 12.2. The first kappa shape index (κ1) is 35.8. The highest BCUT2D eigenvalue weighted by Crippen LogP contribution is 2.25. The van der Waals surface area contributed by atoms with E-state index in [0.717, 1.165) is 29.0 Å². The highest BCUT2D eigenvalue weighted by molar-refractivity contribution is 7.86. The molecule has 2 atom stereocenters. The summed E-state index contributed by atoms with van der Waals surface area (Å²) in [6.07, 6.45) is 2.02. The highest BCUT2D eigenvalue weighted by Gasteiger charge is 2.14. The number of carboxylic acid groups (broad SMARTS) is 2. The first-order valence-corrected chi connectivity index (χ1v) is 16.2. The molecule has 2 unspecified atom stereocenters. The summed E-state index contributed by atoms with van der Waals surface area (Å²) >= 11 is 0. The van der Waals surface area contributed by atoms with Crippen LogP contribution in [0.2, 0.25) is 0 Å². The van der Waals surface area contributed by atoms with Crippen LogP contribution in [0.5, 0.6) is 5.75 Å². The Bertz CT molecular complexity index is 1640. The van der Waals surface area contributed by atoms with E-state index in [2.05, 4.69) is 17.4 Å². The zero-order valence-corrected chi connectivity index (χ0v) is 25.8. The summed E-state index contributed by atoms with van der Waals surface area (Å²) in [4.78, 5) is 19.9. The van der Waals surface area contributed by atoms with Crippen LogP contribution in [0.3, 0.4) is 0 Å². The molecule has 0 bridgehead atoms. The third-order valence-electron chi connectivity index (χ3n) is 5.85. The van der Waals surface area contributed by atoms with Gasteiger partial charge in [0.1, 0.15) is 16.7 Å². The van der Waals surface area contributed by atoms with Gasteiger partial charge in [-0.2, -0.15) is 8.42 Å². The molecule has 0 heterocycles. The summed E-state index contributed by atoms with van der Waals surface area (Å²) in [6.45, 7) is 2.81. The molecule has 12 heteroatoms. The Morgan fingerprint density at radius 2 is 1.43 bits per heavy atom. The fourth-order valence-electron chi connectivity index (χ4n) is 3.80. The molecular formula is C32H35NO9S2. The molecule has 0 saturated heterocycles. The standard InChI is InChI=1S/C18H23NO2S.C10H8O3S.C4H4O4/c1-3-22(20)17-11-9-16(10-12-17)21-18(13-14-19-2)15-7-5-4-6-8-15;11-14(12,13)10-7-3-5-8-4-1-2-6-9(8)10;5-3(6)1-2-4(7)8/h4-12,18-19H,3,13-14H2,1-2H3;1-7H,(H,11,12,13);1-2H,(H,5,6)(H,7,8). The topological polar surface area (TPSA) is 167 Å². The Hall–Kier alpha value is -4.36. The summed E-state index contributed by atoms with van der Waals surface area (Å²) in [5, 5.41) is 20.1. The lowest BCUT2D eigenvalue weighted by atomic mass is 10.1. The van der Waals surface area contributed by atoms with Crippen molar-refractivity contribution in [1.82, 2.24) is 5.32 Å². The Kier molecular flexibility index (Phi) is 14.9. The summed E-state index contributed by atoms with van der Waals surface area (Å²) < 4.78 is 48.9. The molecule has 0 fully saturated rings. The van der Waals surface area contributed by atoms with Crippen molar-refractivity contribution in [3.63, 3.8) is 0 Å². The number of carbonyl (C=O) groups is 2. The van der Waals surface area contributed by atoms with Gasteiger partial charge in [-0.15, -0.1) is 0 Å². The summed E-state index contributed by atoms with van der Waals surface area (Å²) in [5.74, 6) is -1.07. The van der Waals surface area contributed by atoms with Crippen molar-refractivity contribution < 1.29 is 41.7 Å². The molecule has 0 aliphatic rings. The fourth-order valence-corrected chi connectivity index (χ4v) is 5.29. The molecule has 4 N–H and O–H groups in total. The van der Waals surface area contributed by atoms with Crippen molar-refractivity contribution in [3.05, 3.63) is 115 Å². The lowest BCUT2D eigenvalue weighted by Crippen LogP contribution is -2.16. The van der Waals surface area contributed by atoms with Gasteiger partial charge in [-0.25, -0.2) is 9.59 Å². The molecule has 0 aromatic heterocycles. The van der Waals surface area contributed by atoms with E-state index in [9.17, 15) is 22.2 Å². The number of carboxylic acids is 2. The number of hydrogen-bond donors (Lipinski definition) is 4. The van der Waals surface area contributed by atoms with E-state index >= 15 is 0 Å². The Morgan fingerprint density at radius 1 is 0.864 bits per heavy atom. The van der Waals surface area contributed by atoms with Crippen molar-refractivity contribution in [1.29, 1.82) is 0 Å². The Balaban J connectivity index is 0.000000261. The molecule has 44 heavy (non-hydrogen) atoms. The Labute approximate surface area is 259 Å². The van der Waals surface area contributed by atoms with Crippen LogP contribution >= 0.6 is 0 Å². The number of ether oxygens (including phenoxy) is 1. The molecule has 0 radical (unpaired) electrons. The molecule has 0 amide bonds. The monoisotopic (exact) mass is 641 g/mol. The van der Waals surface area contributed by atoms with E-state index in [4.69, 9.17) is 19.5 Å². The SMILES string of the molecule is CCS(=O)c1ccc(OC(CCNC)c2ccccc2)cc1.O=C(O)C=CC(=O)O.O=S(=O)(O)c1cccc2ccccc12. The van der Waals surface area contributed by atoms with Crippen LogP contribution in [0.4, 0.5) is 0 Å². The van der Waals surface area contributed by atoms with Crippen molar-refractivity contribution in [3.8, 4) is 5.75 Å². The summed E-state index contributed by atoms with van der Waals surface area (Å²) in [5.41, 5.74) is 1.17. The van der Waals surface area contributed by atoms with E-state index in [1.165, 1.54) is 11.6 Å². The Morgan fingerprint density at radius 3 is 1.98 bits per heavy atom. The van der Waals surface area contributed by atoms with Gasteiger partial charge in [0.2, 0.25) is 0 Å². The third kappa shape index (κ3) is 12.5. The zero-order chi connectivity index (χ0) is 32.5. The maximum absolute atomic E-state index is 11.8. The molecule has 234 valence electrons. The molecule has 0 aliphatic heterocycles. The van der Waals surface area contributed by atoms with Crippen LogP contribution < -0.4 is 10.1 Å². The smallest absolute Gasteiger partial charge is 0.328 e. The summed E-state index contributed by atoms with van der Waals surface area (Å²) in [6, 6.07) is 29.6. The minimum absolute atomic E-state index is 0.0103. The van der Waals surface area contributed by atoms with Crippen molar-refractivity contribution in [2.24, 2.45) is 0 Å². The van der Waals surface area contributed by atoms with Crippen LogP contribution in [-0.2, 0) is 30.5 Å². The van der Waals surface area contributed by atoms with E-state index in [0.29, 0.717) is 23.3 Å². The molecular weight excluding hydrogens is 606 g/mol. The average molecular weight is 642 g/mol. The second-order valence-corrected chi connectivity index (χ2v) is 12.1. The van der Waals surface area contributed by atoms with Gasteiger partial charge in [0.05, 0.1) is 10.8 Å². The number of fused-ring (bicyclic) bond motifs is 1. The summed E-state index contributed by atoms with van der Waals surface area (Å²) in [7, 11) is -3.11. The van der Waals surface area contributed by atoms with E-state index in [-0.39, 0.29) is 11.0 Å². The van der Waals surface area contributed by atoms with E-state index in [1.807, 2.05) is 62.5 Å². The van der Waals surface area contributed by atoms with Crippen LogP contribution in [-0.4, -0.2) is 58.7 Å². The fraction of sp³-hybridized carbons (Fsp3) is 0.188. The quantitative estimate of drug-likeness (QED) is 0.124. The second-order valence-electron chi connectivity index (χ2n) is 8.98. The van der Waals surface area contributed by atoms with Gasteiger partial charge in [-0.05, 0) is 54.9 Å². The maximum Gasteiger partial charge on any atom is 0.328 e. The van der Waals surface area contributed by atoms with Gasteiger partial charge in [0.25, 0.3) is 10.1 Å². The van der Waals surface area contributed by atoms with Crippen LogP contribution in [0.15, 0.2) is 119 Å². The maximum atomic E-state index is 11.8. The van der Waals surface area contributed by atoms with Crippen molar-refractivity contribution >= 4 is 43.6 Å². The van der Waals surface area contributed by atoms with Gasteiger partial charge in [0, 0.05) is 34.6 Å². The second kappa shape index (κ2) is 18.3. The minimum Gasteiger partial charge on any atom is -0.486 e. The van der Waals surface area contributed by atoms with Gasteiger partial charge in [-0.3, -0.25) is 8.76 Å². The molecule has 0 spiro atoms. The molecule has 4 aromatic carbocycles. The van der Waals surface area contributed by atoms with Gasteiger partial charge < -0.3 is 20.3 Å². The predicted octanol–water partition coefficient (Wildman–Crippen LogP) is 5.34. The average Bonchev–Trinajstić information content (AvgIpc) is 3.02. The predicted molar refractivity (Wildman–Crippen MR) is 170 cm³/mol. The zero-order valence-electron chi connectivity index (χ0n) is 24.2. The van der Waals surface area contributed by atoms with Crippen molar-refractivity contribution in [2.45, 2.75) is 29.2 Å². The highest BCUT2D eigenvalue weighted by atomic mass is 32.2. The van der Waals surface area contributed by atoms with E-state index < -0.39 is 32.9 Å². The lowest BCUT2D eigenvalue weighted by molar-refractivity contribution is -0.134. The van der Waals surface area contributed by atoms with Crippen molar-refractivity contribution in [2.75, 3.05) is 19.3 Å². The van der Waals surface area contributed by atoms with Crippen LogP contribution in [0.1, 0.15) is 25.0 Å². The lowest BCUT2D eigenvalue weighted by Gasteiger charge is -2.19. The number of aliphatic carboxylic acids is 2. The van der Waals surface area contributed by atoms with E-state index in [1.54, 1.807) is 30.3 Å². The number of nitrogens with one attached hydrogen (secondary N) is 1. The molecule has 4 rings (SSSR count).